The minimum Gasteiger partial charge on any atom is -0.355 e. The highest BCUT2D eigenvalue weighted by Crippen LogP contribution is 2.47. The summed E-state index contributed by atoms with van der Waals surface area (Å²) < 4.78 is 2.22. The Morgan fingerprint density at radius 2 is 2.15 bits per heavy atom. The summed E-state index contributed by atoms with van der Waals surface area (Å²) in [5.41, 5.74) is 2.29. The van der Waals surface area contributed by atoms with Crippen LogP contribution in [0.25, 0.3) is 5.82 Å². The predicted octanol–water partition coefficient (Wildman–Crippen LogP) is 3.58. The van der Waals surface area contributed by atoms with E-state index in [1.807, 2.05) is 12.3 Å². The average Bonchev–Trinajstić information content (AvgIpc) is 3.27. The number of likely N-dealkylation sites (tertiary alicyclic amines) is 1. The molecule has 0 bridgehead atoms. The van der Waals surface area contributed by atoms with Gasteiger partial charge in [0.15, 0.2) is 5.82 Å². The molecule has 0 aliphatic carbocycles. The van der Waals surface area contributed by atoms with Gasteiger partial charge in [-0.05, 0) is 43.0 Å². The summed E-state index contributed by atoms with van der Waals surface area (Å²) in [6.45, 7) is 9.00. The third-order valence-corrected chi connectivity index (χ3v) is 5.66. The van der Waals surface area contributed by atoms with Gasteiger partial charge in [-0.3, -0.25) is 4.79 Å². The van der Waals surface area contributed by atoms with Gasteiger partial charge in [-0.25, -0.2) is 4.98 Å². The van der Waals surface area contributed by atoms with Crippen molar-refractivity contribution in [1.29, 1.82) is 0 Å². The molecule has 4 rings (SSSR count). The Hall–Kier alpha value is -2.30. The number of amides is 1. The topological polar surface area (TPSA) is 41.4 Å². The second-order valence-corrected chi connectivity index (χ2v) is 7.96. The molecule has 0 radical (unpaired) electrons. The minimum absolute atomic E-state index is 0.151. The van der Waals surface area contributed by atoms with Gasteiger partial charge in [0, 0.05) is 38.4 Å². The van der Waals surface area contributed by atoms with Gasteiger partial charge in [-0.1, -0.05) is 20.8 Å². The Morgan fingerprint density at radius 3 is 2.92 bits per heavy atom. The number of anilines is 1. The van der Waals surface area contributed by atoms with E-state index < -0.39 is 0 Å². The first-order valence-corrected chi connectivity index (χ1v) is 9.75. The molecule has 2 aromatic rings. The van der Waals surface area contributed by atoms with Crippen LogP contribution in [0.5, 0.6) is 0 Å². The molecule has 0 unspecified atom stereocenters. The zero-order valence-electron chi connectivity index (χ0n) is 16.0. The average molecular weight is 352 g/mol. The van der Waals surface area contributed by atoms with Crippen LogP contribution in [0, 0.1) is 5.92 Å². The molecule has 1 fully saturated rings. The lowest BCUT2D eigenvalue weighted by Crippen LogP contribution is -2.53. The lowest BCUT2D eigenvalue weighted by atomic mass is 9.88. The number of pyridine rings is 1. The molecule has 2 aliphatic rings. The van der Waals surface area contributed by atoms with Crippen LogP contribution >= 0.6 is 0 Å². The predicted molar refractivity (Wildman–Crippen MR) is 104 cm³/mol. The zero-order chi connectivity index (χ0) is 18.3. The van der Waals surface area contributed by atoms with E-state index in [1.165, 1.54) is 11.4 Å². The van der Waals surface area contributed by atoms with Crippen LogP contribution in [-0.4, -0.2) is 40.0 Å². The maximum atomic E-state index is 12.7. The van der Waals surface area contributed by atoms with Gasteiger partial charge in [0.2, 0.25) is 5.91 Å². The molecule has 4 heterocycles. The Morgan fingerprint density at radius 1 is 1.31 bits per heavy atom. The molecule has 2 aromatic heterocycles. The van der Waals surface area contributed by atoms with E-state index in [0.717, 1.165) is 38.3 Å². The highest BCUT2D eigenvalue weighted by molar-refractivity contribution is 5.77. The van der Waals surface area contributed by atoms with E-state index >= 15 is 0 Å². The van der Waals surface area contributed by atoms with E-state index in [0.29, 0.717) is 12.3 Å². The fraction of sp³-hybridized carbons (Fsp3) is 0.524. The Balaban J connectivity index is 1.77. The fourth-order valence-corrected chi connectivity index (χ4v) is 4.57. The number of carbonyl (C=O) groups is 1. The van der Waals surface area contributed by atoms with Crippen LogP contribution < -0.4 is 4.90 Å². The maximum absolute atomic E-state index is 12.7. The van der Waals surface area contributed by atoms with Crippen molar-refractivity contribution in [3.05, 3.63) is 42.4 Å². The molecule has 1 atom stereocenters. The van der Waals surface area contributed by atoms with Crippen LogP contribution in [0.1, 0.15) is 45.7 Å². The van der Waals surface area contributed by atoms with Gasteiger partial charge in [0.25, 0.3) is 0 Å². The molecular weight excluding hydrogens is 324 g/mol. The van der Waals surface area contributed by atoms with Crippen LogP contribution in [-0.2, 0) is 10.3 Å². The highest BCUT2D eigenvalue weighted by atomic mass is 16.2. The first-order valence-electron chi connectivity index (χ1n) is 9.75. The smallest absolute Gasteiger partial charge is 0.222 e. The van der Waals surface area contributed by atoms with Crippen molar-refractivity contribution < 1.29 is 4.79 Å². The molecule has 2 aliphatic heterocycles. The summed E-state index contributed by atoms with van der Waals surface area (Å²) in [5.74, 6) is 1.67. The molecule has 0 saturated carbocycles. The maximum Gasteiger partial charge on any atom is 0.222 e. The van der Waals surface area contributed by atoms with Gasteiger partial charge >= 0.3 is 0 Å². The van der Waals surface area contributed by atoms with Crippen LogP contribution in [0.2, 0.25) is 0 Å². The summed E-state index contributed by atoms with van der Waals surface area (Å²) in [5, 5.41) is 0. The van der Waals surface area contributed by atoms with Gasteiger partial charge < -0.3 is 14.4 Å². The molecule has 1 saturated heterocycles. The van der Waals surface area contributed by atoms with Crippen LogP contribution in [0.3, 0.4) is 0 Å². The number of aromatic nitrogens is 2. The summed E-state index contributed by atoms with van der Waals surface area (Å²) in [7, 11) is 0. The van der Waals surface area contributed by atoms with Gasteiger partial charge in [0.05, 0.1) is 11.4 Å². The second-order valence-electron chi connectivity index (χ2n) is 7.96. The summed E-state index contributed by atoms with van der Waals surface area (Å²) in [4.78, 5) is 22.0. The molecule has 0 N–H and O–H groups in total. The molecular formula is C21H28N4O. The van der Waals surface area contributed by atoms with Crippen molar-refractivity contribution >= 4 is 11.6 Å². The molecule has 1 spiro atoms. The first-order chi connectivity index (χ1) is 12.6. The zero-order valence-corrected chi connectivity index (χ0v) is 16.0. The van der Waals surface area contributed by atoms with Gasteiger partial charge in [-0.15, -0.1) is 0 Å². The van der Waals surface area contributed by atoms with Crippen molar-refractivity contribution in [2.24, 2.45) is 5.92 Å². The van der Waals surface area contributed by atoms with Crippen LogP contribution in [0.4, 0.5) is 5.69 Å². The number of hydrogen-bond donors (Lipinski definition) is 0. The lowest BCUT2D eigenvalue weighted by Gasteiger charge is -2.47. The Kier molecular flexibility index (Phi) is 4.25. The molecule has 5 heteroatoms. The Bertz CT molecular complexity index is 812. The van der Waals surface area contributed by atoms with E-state index in [9.17, 15) is 4.79 Å². The Labute approximate surface area is 155 Å². The molecule has 0 aromatic carbocycles. The number of hydrogen-bond acceptors (Lipinski definition) is 3. The van der Waals surface area contributed by atoms with E-state index in [2.05, 4.69) is 64.5 Å². The summed E-state index contributed by atoms with van der Waals surface area (Å²) >= 11 is 0. The molecule has 1 amide bonds. The van der Waals surface area contributed by atoms with Crippen molar-refractivity contribution in [3.8, 4) is 5.82 Å². The van der Waals surface area contributed by atoms with Gasteiger partial charge in [0.1, 0.15) is 5.54 Å². The summed E-state index contributed by atoms with van der Waals surface area (Å²) in [6.07, 6.45) is 6.62. The normalized spacial score (nSPS) is 21.4. The monoisotopic (exact) mass is 352 g/mol. The molecule has 5 nitrogen and oxygen atoms in total. The molecule has 26 heavy (non-hydrogen) atoms. The van der Waals surface area contributed by atoms with Gasteiger partial charge in [-0.2, -0.15) is 0 Å². The van der Waals surface area contributed by atoms with Crippen molar-refractivity contribution in [2.75, 3.05) is 24.5 Å². The minimum atomic E-state index is -0.151. The third kappa shape index (κ3) is 2.52. The van der Waals surface area contributed by atoms with Crippen molar-refractivity contribution in [1.82, 2.24) is 14.5 Å². The van der Waals surface area contributed by atoms with Crippen molar-refractivity contribution in [3.63, 3.8) is 0 Å². The number of fused-ring (bicyclic) bond motifs is 4. The SMILES string of the molecule is CCCN1c2cccnc2-n2cccc2[C@@]12CCN(C(=O)CC(C)C)C2. The molecule has 138 valence electrons. The largest absolute Gasteiger partial charge is 0.355 e. The van der Waals surface area contributed by atoms with Crippen molar-refractivity contribution in [2.45, 2.75) is 45.6 Å². The van der Waals surface area contributed by atoms with E-state index in [-0.39, 0.29) is 11.4 Å². The lowest BCUT2D eigenvalue weighted by molar-refractivity contribution is -0.131. The standard InChI is InChI=1S/C21H28N4O/c1-4-11-25-17-7-5-10-22-20(17)24-12-6-8-18(24)21(25)9-13-23(15-21)19(26)14-16(2)3/h5-8,10,12,16H,4,9,11,13-15H2,1-3H3/t21-/m0/s1. The van der Waals surface area contributed by atoms with Crippen LogP contribution in [0.15, 0.2) is 36.7 Å². The number of nitrogens with zero attached hydrogens (tertiary/aromatic N) is 4. The van der Waals surface area contributed by atoms with E-state index in [1.54, 1.807) is 0 Å². The second kappa shape index (κ2) is 6.45. The highest BCUT2D eigenvalue weighted by Gasteiger charge is 2.50. The summed E-state index contributed by atoms with van der Waals surface area (Å²) in [6, 6.07) is 8.49. The quantitative estimate of drug-likeness (QED) is 0.845. The van der Waals surface area contributed by atoms with E-state index in [4.69, 9.17) is 0 Å². The first kappa shape index (κ1) is 17.1. The number of carbonyl (C=O) groups excluding carboxylic acids is 1. The fourth-order valence-electron chi connectivity index (χ4n) is 4.57. The number of rotatable bonds is 4. The third-order valence-electron chi connectivity index (χ3n) is 5.66.